The fourth-order valence-corrected chi connectivity index (χ4v) is 4.53. The van der Waals surface area contributed by atoms with Crippen molar-refractivity contribution >= 4 is 39.8 Å². The molecule has 33 heavy (non-hydrogen) atoms. The number of aromatic nitrogens is 1. The van der Waals surface area contributed by atoms with Crippen molar-refractivity contribution in [2.45, 2.75) is 32.6 Å². The van der Waals surface area contributed by atoms with Crippen LogP contribution in [0, 0.1) is 17.0 Å². The van der Waals surface area contributed by atoms with Gasteiger partial charge in [0.25, 0.3) is 5.69 Å². The lowest BCUT2D eigenvalue weighted by Crippen LogP contribution is -2.32. The highest BCUT2D eigenvalue weighted by molar-refractivity contribution is 7.18. The summed E-state index contributed by atoms with van der Waals surface area (Å²) in [6.45, 7) is 3.72. The largest absolute Gasteiger partial charge is 0.462 e. The summed E-state index contributed by atoms with van der Waals surface area (Å²) >= 11 is 0.988. The van der Waals surface area contributed by atoms with Gasteiger partial charge in [0.15, 0.2) is 5.13 Å². The Kier molecular flexibility index (Phi) is 6.10. The van der Waals surface area contributed by atoms with Gasteiger partial charge in [0.05, 0.1) is 22.9 Å². The maximum absolute atomic E-state index is 12.7. The summed E-state index contributed by atoms with van der Waals surface area (Å²) < 4.78 is 5.18. The van der Waals surface area contributed by atoms with Crippen molar-refractivity contribution in [2.24, 2.45) is 5.73 Å². The van der Waals surface area contributed by atoms with Crippen molar-refractivity contribution in [3.05, 3.63) is 68.6 Å². The number of nitrogens with two attached hydrogens (primary N) is 1. The summed E-state index contributed by atoms with van der Waals surface area (Å²) in [5.41, 5.74) is 8.99. The lowest BCUT2D eigenvalue weighted by atomic mass is 10.1. The van der Waals surface area contributed by atoms with Crippen LogP contribution in [0.3, 0.4) is 0 Å². The van der Waals surface area contributed by atoms with Crippen molar-refractivity contribution in [2.75, 3.05) is 11.5 Å². The molecule has 0 radical (unpaired) electrons. The second kappa shape index (κ2) is 8.99. The van der Waals surface area contributed by atoms with E-state index in [2.05, 4.69) is 4.98 Å². The Hall–Kier alpha value is -3.79. The van der Waals surface area contributed by atoms with Crippen LogP contribution >= 0.6 is 11.3 Å². The molecule has 1 heterocycles. The van der Waals surface area contributed by atoms with Crippen molar-refractivity contribution in [1.29, 1.82) is 0 Å². The van der Waals surface area contributed by atoms with E-state index in [1.54, 1.807) is 6.92 Å². The number of carbonyl (C=O) groups excluding carboxylic acids is 2. The minimum atomic E-state index is -0.731. The summed E-state index contributed by atoms with van der Waals surface area (Å²) in [6.07, 6.45) is 2.21. The minimum Gasteiger partial charge on any atom is -0.462 e. The van der Waals surface area contributed by atoms with Gasteiger partial charge < -0.3 is 10.5 Å². The monoisotopic (exact) mass is 466 g/mol. The molecule has 1 aliphatic carbocycles. The Morgan fingerprint density at radius 2 is 1.94 bits per heavy atom. The molecule has 3 aromatic rings. The highest BCUT2D eigenvalue weighted by Crippen LogP contribution is 2.43. The maximum atomic E-state index is 12.7. The van der Waals surface area contributed by atoms with Crippen LogP contribution in [0.5, 0.6) is 0 Å². The molecule has 1 aromatic heterocycles. The van der Waals surface area contributed by atoms with E-state index < -0.39 is 16.9 Å². The third-order valence-electron chi connectivity index (χ3n) is 5.36. The molecular formula is C23H22N4O5S. The molecule has 4 rings (SSSR count). The lowest BCUT2D eigenvalue weighted by molar-refractivity contribution is -0.384. The van der Waals surface area contributed by atoms with Crippen molar-refractivity contribution in [3.8, 4) is 11.3 Å². The number of ether oxygens (including phenoxy) is 1. The highest BCUT2D eigenvalue weighted by atomic mass is 32.1. The Labute approximate surface area is 194 Å². The average molecular weight is 467 g/mol. The van der Waals surface area contributed by atoms with Crippen molar-refractivity contribution < 1.29 is 19.2 Å². The number of nitro benzene ring substituents is 1. The molecule has 0 atom stereocenters. The van der Waals surface area contributed by atoms with E-state index >= 15 is 0 Å². The number of esters is 1. The fraction of sp³-hybridized carbons (Fsp3) is 0.261. The minimum absolute atomic E-state index is 0.0850. The number of carbonyl (C=O) groups is 2. The van der Waals surface area contributed by atoms with Crippen LogP contribution in [-0.2, 0) is 4.74 Å². The molecule has 1 fully saturated rings. The molecule has 9 nitrogen and oxygen atoms in total. The van der Waals surface area contributed by atoms with E-state index in [9.17, 15) is 19.7 Å². The van der Waals surface area contributed by atoms with Crippen LogP contribution < -0.4 is 10.6 Å². The summed E-state index contributed by atoms with van der Waals surface area (Å²) in [6, 6.07) is 10.9. The molecule has 1 saturated carbocycles. The molecule has 0 bridgehead atoms. The van der Waals surface area contributed by atoms with Gasteiger partial charge in [0.2, 0.25) is 0 Å². The van der Waals surface area contributed by atoms with Gasteiger partial charge in [-0.3, -0.25) is 10.1 Å². The molecule has 1 aliphatic rings. The smallest absolute Gasteiger partial charge is 0.350 e. The Morgan fingerprint density at radius 3 is 2.52 bits per heavy atom. The number of rotatable bonds is 7. The van der Waals surface area contributed by atoms with Gasteiger partial charge in [-0.1, -0.05) is 23.5 Å². The summed E-state index contributed by atoms with van der Waals surface area (Å²) in [4.78, 5) is 41.8. The molecule has 2 aromatic carbocycles. The number of urea groups is 1. The second-order valence-corrected chi connectivity index (χ2v) is 8.67. The van der Waals surface area contributed by atoms with Gasteiger partial charge in [-0.15, -0.1) is 0 Å². The number of non-ortho nitro benzene ring substituents is 1. The molecule has 0 saturated heterocycles. The number of hydrogen-bond acceptors (Lipinski definition) is 7. The number of hydrogen-bond donors (Lipinski definition) is 1. The molecule has 2 N–H and O–H groups in total. The van der Waals surface area contributed by atoms with Gasteiger partial charge in [-0.25, -0.2) is 19.5 Å². The molecule has 0 unspecified atom stereocenters. The topological polar surface area (TPSA) is 129 Å². The van der Waals surface area contributed by atoms with Crippen LogP contribution in [0.15, 0.2) is 42.5 Å². The zero-order valence-corrected chi connectivity index (χ0v) is 18.9. The predicted molar refractivity (Wildman–Crippen MR) is 125 cm³/mol. The van der Waals surface area contributed by atoms with Crippen LogP contribution in [0.1, 0.15) is 46.5 Å². The normalized spacial score (nSPS) is 12.9. The molecule has 0 aliphatic heterocycles. The van der Waals surface area contributed by atoms with Crippen LogP contribution in [0.2, 0.25) is 0 Å². The number of benzene rings is 2. The number of amides is 2. The van der Waals surface area contributed by atoms with E-state index in [0.29, 0.717) is 17.2 Å². The molecular weight excluding hydrogens is 444 g/mol. The summed E-state index contributed by atoms with van der Waals surface area (Å²) in [5, 5.41) is 11.2. The summed E-state index contributed by atoms with van der Waals surface area (Å²) in [5.74, 6) is -0.122. The quantitative estimate of drug-likeness (QED) is 0.286. The number of anilines is 2. The van der Waals surface area contributed by atoms with E-state index in [4.69, 9.17) is 10.5 Å². The van der Waals surface area contributed by atoms with Crippen molar-refractivity contribution in [1.82, 2.24) is 4.98 Å². The molecule has 0 spiro atoms. The first-order valence-corrected chi connectivity index (χ1v) is 11.2. The zero-order chi connectivity index (χ0) is 23.7. The van der Waals surface area contributed by atoms with Crippen LogP contribution in [0.25, 0.3) is 11.3 Å². The number of nitrogens with zero attached hydrogens (tertiary/aromatic N) is 3. The van der Waals surface area contributed by atoms with E-state index in [0.717, 1.165) is 35.3 Å². The number of thiazole rings is 1. The van der Waals surface area contributed by atoms with Gasteiger partial charge in [0.1, 0.15) is 4.88 Å². The second-order valence-electron chi connectivity index (χ2n) is 7.69. The van der Waals surface area contributed by atoms with Gasteiger partial charge >= 0.3 is 12.0 Å². The third kappa shape index (κ3) is 4.56. The van der Waals surface area contributed by atoms with Gasteiger partial charge in [-0.2, -0.15) is 0 Å². The lowest BCUT2D eigenvalue weighted by Gasteiger charge is -2.20. The Morgan fingerprint density at radius 1 is 1.24 bits per heavy atom. The number of primary amides is 1. The third-order valence-corrected chi connectivity index (χ3v) is 6.38. The maximum Gasteiger partial charge on any atom is 0.350 e. The van der Waals surface area contributed by atoms with Crippen molar-refractivity contribution in [3.63, 3.8) is 0 Å². The number of aryl methyl sites for hydroxylation is 1. The first-order chi connectivity index (χ1) is 15.8. The average Bonchev–Trinajstić information content (AvgIpc) is 3.54. The van der Waals surface area contributed by atoms with Crippen LogP contribution in [0.4, 0.5) is 21.3 Å². The van der Waals surface area contributed by atoms with E-state index in [1.165, 1.54) is 29.2 Å². The standard InChI is InChI=1S/C23H22N4O5S/c1-3-32-21(28)20-19(15-8-10-17(11-9-15)27(30)31)25-23(33-20)26(22(24)29)18-12-16(14-6-7-14)5-4-13(18)2/h4-5,8-12,14H,3,6-7H2,1-2H3,(H2,24,29). The van der Waals surface area contributed by atoms with Gasteiger partial charge in [0, 0.05) is 17.7 Å². The predicted octanol–water partition coefficient (Wildman–Crippen LogP) is 5.30. The van der Waals surface area contributed by atoms with Crippen LogP contribution in [-0.4, -0.2) is 28.5 Å². The molecule has 10 heteroatoms. The fourth-order valence-electron chi connectivity index (χ4n) is 3.53. The number of nitro groups is 1. The SMILES string of the molecule is CCOC(=O)c1sc(N(C(N)=O)c2cc(C3CC3)ccc2C)nc1-c1ccc([N+](=O)[O-])cc1. The highest BCUT2D eigenvalue weighted by Gasteiger charge is 2.29. The molecule has 170 valence electrons. The Bertz CT molecular complexity index is 1230. The first-order valence-electron chi connectivity index (χ1n) is 10.4. The first kappa shape index (κ1) is 22.4. The zero-order valence-electron chi connectivity index (χ0n) is 18.1. The van der Waals surface area contributed by atoms with E-state index in [1.807, 2.05) is 25.1 Å². The van der Waals surface area contributed by atoms with Gasteiger partial charge in [-0.05, 0) is 61.9 Å². The molecule has 2 amide bonds. The summed E-state index contributed by atoms with van der Waals surface area (Å²) in [7, 11) is 0. The Balaban J connectivity index is 1.83. The van der Waals surface area contributed by atoms with E-state index in [-0.39, 0.29) is 28.0 Å².